The van der Waals surface area contributed by atoms with Crippen LogP contribution in [0.4, 0.5) is 0 Å². The van der Waals surface area contributed by atoms with Crippen LogP contribution in [0.3, 0.4) is 0 Å². The van der Waals surface area contributed by atoms with E-state index in [0.717, 1.165) is 6.26 Å². The molecule has 96 valence electrons. The van der Waals surface area contributed by atoms with Crippen molar-refractivity contribution in [1.82, 2.24) is 14.9 Å². The summed E-state index contributed by atoms with van der Waals surface area (Å²) in [6, 6.07) is 0. The van der Waals surface area contributed by atoms with Crippen molar-refractivity contribution in [3.05, 3.63) is 18.2 Å². The summed E-state index contributed by atoms with van der Waals surface area (Å²) < 4.78 is 23.4. The molecule has 0 aliphatic carbocycles. The van der Waals surface area contributed by atoms with Crippen LogP contribution in [-0.2, 0) is 16.4 Å². The fourth-order valence-corrected chi connectivity index (χ4v) is 1.66. The van der Waals surface area contributed by atoms with Gasteiger partial charge in [-0.05, 0) is 0 Å². The third-order valence-electron chi connectivity index (χ3n) is 2.01. The Labute approximate surface area is 99.9 Å². The van der Waals surface area contributed by atoms with Crippen LogP contribution in [-0.4, -0.2) is 49.0 Å². The first kappa shape index (κ1) is 13.7. The molecule has 1 aromatic heterocycles. The number of nitrogens with two attached hydrogens (primary N) is 1. The summed E-state index contributed by atoms with van der Waals surface area (Å²) >= 11 is 0. The van der Waals surface area contributed by atoms with Gasteiger partial charge in [0.05, 0.1) is 12.1 Å². The standard InChI is InChI=1S/C9H16N4O3S/c1-17(15,16)5-3-11-9(14)8-6-13(4-2-10)7-12-8/h6-7H,2-5,10H2,1H3,(H,11,14). The van der Waals surface area contributed by atoms with E-state index < -0.39 is 9.84 Å². The quantitative estimate of drug-likeness (QED) is 0.655. The Kier molecular flexibility index (Phi) is 4.64. The summed E-state index contributed by atoms with van der Waals surface area (Å²) in [6.07, 6.45) is 4.20. The van der Waals surface area contributed by atoms with Gasteiger partial charge in [-0.15, -0.1) is 0 Å². The predicted octanol–water partition coefficient (Wildman–Crippen LogP) is -1.38. The van der Waals surface area contributed by atoms with Gasteiger partial charge in [0.25, 0.3) is 5.91 Å². The van der Waals surface area contributed by atoms with Crippen molar-refractivity contribution in [3.63, 3.8) is 0 Å². The summed E-state index contributed by atoms with van der Waals surface area (Å²) in [5.74, 6) is -0.466. The normalized spacial score (nSPS) is 11.4. The summed E-state index contributed by atoms with van der Waals surface area (Å²) in [5.41, 5.74) is 5.61. The number of carbonyl (C=O) groups excluding carboxylic acids is 1. The number of nitrogens with one attached hydrogen (secondary N) is 1. The van der Waals surface area contributed by atoms with E-state index in [1.807, 2.05) is 0 Å². The molecule has 17 heavy (non-hydrogen) atoms. The van der Waals surface area contributed by atoms with Crippen LogP contribution < -0.4 is 11.1 Å². The zero-order chi connectivity index (χ0) is 12.9. The molecule has 0 saturated heterocycles. The van der Waals surface area contributed by atoms with Gasteiger partial charge in [0.1, 0.15) is 15.5 Å². The lowest BCUT2D eigenvalue weighted by Crippen LogP contribution is -2.29. The average Bonchev–Trinajstić information content (AvgIpc) is 2.65. The Morgan fingerprint density at radius 3 is 2.88 bits per heavy atom. The Hall–Kier alpha value is -1.41. The zero-order valence-corrected chi connectivity index (χ0v) is 10.4. The largest absolute Gasteiger partial charge is 0.350 e. The maximum absolute atomic E-state index is 11.5. The first-order valence-electron chi connectivity index (χ1n) is 5.10. The van der Waals surface area contributed by atoms with E-state index >= 15 is 0 Å². The molecule has 0 aliphatic heterocycles. The van der Waals surface area contributed by atoms with Gasteiger partial charge in [-0.1, -0.05) is 0 Å². The van der Waals surface area contributed by atoms with E-state index in [0.29, 0.717) is 13.1 Å². The van der Waals surface area contributed by atoms with Crippen LogP contribution in [0.2, 0.25) is 0 Å². The number of imidazole rings is 1. The van der Waals surface area contributed by atoms with Crippen molar-refractivity contribution >= 4 is 15.7 Å². The molecule has 0 spiro atoms. The van der Waals surface area contributed by atoms with Crippen LogP contribution in [0.5, 0.6) is 0 Å². The fraction of sp³-hybridized carbons (Fsp3) is 0.556. The molecule has 1 aromatic rings. The summed E-state index contributed by atoms with van der Waals surface area (Å²) in [6.45, 7) is 1.14. The van der Waals surface area contributed by atoms with Gasteiger partial charge in [-0.25, -0.2) is 13.4 Å². The lowest BCUT2D eigenvalue weighted by atomic mass is 10.4. The minimum atomic E-state index is -3.06. The SMILES string of the molecule is CS(=O)(=O)CCNC(=O)c1cn(CCN)cn1. The minimum absolute atomic E-state index is 0.0811. The molecule has 3 N–H and O–H groups in total. The van der Waals surface area contributed by atoms with Crippen LogP contribution in [0, 0.1) is 0 Å². The Bertz CT molecular complexity index is 480. The van der Waals surface area contributed by atoms with E-state index in [1.165, 1.54) is 6.33 Å². The molecule has 0 atom stereocenters. The number of sulfone groups is 1. The highest BCUT2D eigenvalue weighted by atomic mass is 32.2. The van der Waals surface area contributed by atoms with Crippen molar-refractivity contribution in [2.24, 2.45) is 5.73 Å². The molecular weight excluding hydrogens is 244 g/mol. The number of hydrogen-bond acceptors (Lipinski definition) is 5. The molecule has 7 nitrogen and oxygen atoms in total. The lowest BCUT2D eigenvalue weighted by Gasteiger charge is -2.01. The zero-order valence-electron chi connectivity index (χ0n) is 9.59. The molecule has 0 unspecified atom stereocenters. The maximum Gasteiger partial charge on any atom is 0.271 e. The Morgan fingerprint density at radius 1 is 1.59 bits per heavy atom. The second-order valence-corrected chi connectivity index (χ2v) is 5.93. The maximum atomic E-state index is 11.5. The first-order valence-corrected chi connectivity index (χ1v) is 7.16. The molecule has 0 fully saturated rings. The Balaban J connectivity index is 2.46. The van der Waals surface area contributed by atoms with Crippen LogP contribution in [0.25, 0.3) is 0 Å². The van der Waals surface area contributed by atoms with Crippen molar-refractivity contribution in [2.45, 2.75) is 6.54 Å². The molecule has 0 radical (unpaired) electrons. The topological polar surface area (TPSA) is 107 Å². The van der Waals surface area contributed by atoms with Crippen molar-refractivity contribution in [2.75, 3.05) is 25.1 Å². The van der Waals surface area contributed by atoms with Gasteiger partial charge in [0.15, 0.2) is 0 Å². The van der Waals surface area contributed by atoms with Gasteiger partial charge in [-0.2, -0.15) is 0 Å². The highest BCUT2D eigenvalue weighted by molar-refractivity contribution is 7.90. The molecule has 0 saturated carbocycles. The van der Waals surface area contributed by atoms with Crippen LogP contribution >= 0.6 is 0 Å². The van der Waals surface area contributed by atoms with Crippen molar-refractivity contribution < 1.29 is 13.2 Å². The number of hydrogen-bond donors (Lipinski definition) is 2. The van der Waals surface area contributed by atoms with Crippen LogP contribution in [0.15, 0.2) is 12.5 Å². The Morgan fingerprint density at radius 2 is 2.29 bits per heavy atom. The second kappa shape index (κ2) is 5.78. The third-order valence-corrected chi connectivity index (χ3v) is 2.96. The summed E-state index contributed by atoms with van der Waals surface area (Å²) in [5, 5.41) is 2.49. The van der Waals surface area contributed by atoms with Gasteiger partial charge >= 0.3 is 0 Å². The summed E-state index contributed by atoms with van der Waals surface area (Å²) in [7, 11) is -3.06. The molecule has 1 rings (SSSR count). The van der Waals surface area contributed by atoms with E-state index in [9.17, 15) is 13.2 Å². The van der Waals surface area contributed by atoms with Crippen LogP contribution in [0.1, 0.15) is 10.5 Å². The monoisotopic (exact) mass is 260 g/mol. The molecule has 0 aromatic carbocycles. The molecule has 8 heteroatoms. The highest BCUT2D eigenvalue weighted by Crippen LogP contribution is 1.95. The second-order valence-electron chi connectivity index (χ2n) is 3.67. The van der Waals surface area contributed by atoms with Gasteiger partial charge in [-0.3, -0.25) is 4.79 Å². The van der Waals surface area contributed by atoms with E-state index in [4.69, 9.17) is 5.73 Å². The van der Waals surface area contributed by atoms with Gasteiger partial charge < -0.3 is 15.6 Å². The molecule has 1 amide bonds. The van der Waals surface area contributed by atoms with E-state index in [1.54, 1.807) is 10.8 Å². The smallest absolute Gasteiger partial charge is 0.271 e. The van der Waals surface area contributed by atoms with Gasteiger partial charge in [0.2, 0.25) is 0 Å². The van der Waals surface area contributed by atoms with Gasteiger partial charge in [0, 0.05) is 32.1 Å². The number of nitrogens with zero attached hydrogens (tertiary/aromatic N) is 2. The first-order chi connectivity index (χ1) is 7.92. The van der Waals surface area contributed by atoms with E-state index in [-0.39, 0.29) is 23.9 Å². The number of carbonyl (C=O) groups is 1. The molecule has 0 aliphatic rings. The van der Waals surface area contributed by atoms with Crippen molar-refractivity contribution in [1.29, 1.82) is 0 Å². The van der Waals surface area contributed by atoms with E-state index in [2.05, 4.69) is 10.3 Å². The molecule has 1 heterocycles. The lowest BCUT2D eigenvalue weighted by molar-refractivity contribution is 0.0951. The third kappa shape index (κ3) is 4.96. The highest BCUT2D eigenvalue weighted by Gasteiger charge is 2.09. The fourth-order valence-electron chi connectivity index (χ4n) is 1.19. The van der Waals surface area contributed by atoms with Crippen molar-refractivity contribution in [3.8, 4) is 0 Å². The predicted molar refractivity (Wildman–Crippen MR) is 63.3 cm³/mol. The summed E-state index contributed by atoms with van der Waals surface area (Å²) in [4.78, 5) is 15.4. The number of rotatable bonds is 6. The molecule has 0 bridgehead atoms. The minimum Gasteiger partial charge on any atom is -0.350 e. The number of aromatic nitrogens is 2. The molecular formula is C9H16N4O3S. The number of amides is 1. The average molecular weight is 260 g/mol.